The largest absolute Gasteiger partial charge is 0.295 e. The second-order valence-corrected chi connectivity index (χ2v) is 2.36. The molecule has 11 heavy (non-hydrogen) atoms. The third kappa shape index (κ3) is 1.59. The lowest BCUT2D eigenvalue weighted by Crippen LogP contribution is -1.88. The van der Waals surface area contributed by atoms with Gasteiger partial charge in [0.05, 0.1) is 4.92 Å². The Balaban J connectivity index is 3.23. The van der Waals surface area contributed by atoms with E-state index in [1.54, 1.807) is 0 Å². The molecule has 0 aromatic heterocycles. The highest BCUT2D eigenvalue weighted by Gasteiger charge is 2.10. The van der Waals surface area contributed by atoms with Crippen LogP contribution in [-0.4, -0.2) is 4.92 Å². The third-order valence-corrected chi connectivity index (χ3v) is 1.39. The first-order valence-corrected chi connectivity index (χ1v) is 3.14. The van der Waals surface area contributed by atoms with E-state index in [0.29, 0.717) is 0 Å². The Kier molecular flexibility index (Phi) is 1.96. The van der Waals surface area contributed by atoms with Gasteiger partial charge in [0.15, 0.2) is 0 Å². The molecule has 1 aromatic rings. The Labute approximate surface area is 67.7 Å². The number of nitro groups is 1. The fourth-order valence-corrected chi connectivity index (χ4v) is 0.822. The molecule has 0 fully saturated rings. The van der Waals surface area contributed by atoms with Crippen LogP contribution in [0.15, 0.2) is 18.2 Å². The van der Waals surface area contributed by atoms with E-state index >= 15 is 0 Å². The summed E-state index contributed by atoms with van der Waals surface area (Å²) in [6.45, 7) is 0. The molecule has 4 nitrogen and oxygen atoms in total. The van der Waals surface area contributed by atoms with Crippen LogP contribution in [0.3, 0.4) is 0 Å². The molecular weight excluding hydrogens is 168 g/mol. The summed E-state index contributed by atoms with van der Waals surface area (Å²) in [5.41, 5.74) is 6.71. The summed E-state index contributed by atoms with van der Waals surface area (Å²) < 4.78 is 0. The summed E-state index contributed by atoms with van der Waals surface area (Å²) in [7, 11) is 0. The molecule has 0 saturated carbocycles. The summed E-state index contributed by atoms with van der Waals surface area (Å²) >= 11 is 5.47. The predicted molar refractivity (Wildman–Crippen MR) is 40.9 cm³/mol. The van der Waals surface area contributed by atoms with Gasteiger partial charge < -0.3 is 0 Å². The van der Waals surface area contributed by atoms with E-state index in [1.165, 1.54) is 12.1 Å². The summed E-state index contributed by atoms with van der Waals surface area (Å²) in [5.74, 6) is 0. The summed E-state index contributed by atoms with van der Waals surface area (Å²) in [5, 5.41) is 10.5. The van der Waals surface area contributed by atoms with Gasteiger partial charge in [-0.2, -0.15) is 0 Å². The highest BCUT2D eigenvalue weighted by atomic mass is 35.5. The van der Waals surface area contributed by atoms with Crippen LogP contribution in [0.2, 0.25) is 5.02 Å². The number of hydrogen-bond donors (Lipinski definition) is 0. The third-order valence-electron chi connectivity index (χ3n) is 1.16. The molecule has 0 atom stereocenters. The van der Waals surface area contributed by atoms with Crippen molar-refractivity contribution in [2.45, 2.75) is 0 Å². The Hall–Kier alpha value is -1.29. The molecule has 0 heterocycles. The molecule has 1 rings (SSSR count). The number of nitrogens with zero attached hydrogens (tertiary/aromatic N) is 1. The van der Waals surface area contributed by atoms with E-state index in [1.807, 2.05) is 0 Å². The highest BCUT2D eigenvalue weighted by Crippen LogP contribution is 2.25. The van der Waals surface area contributed by atoms with E-state index in [-0.39, 0.29) is 16.4 Å². The van der Waals surface area contributed by atoms with Gasteiger partial charge in [-0.15, -0.1) is 0 Å². The highest BCUT2D eigenvalue weighted by molar-refractivity contribution is 6.30. The zero-order valence-electron chi connectivity index (χ0n) is 5.37. The topological polar surface area (TPSA) is 66.9 Å². The fraction of sp³-hybridized carbons (Fsp3) is 0. The first-order chi connectivity index (χ1) is 5.11. The lowest BCUT2D eigenvalue weighted by Gasteiger charge is -1.94. The SMILES string of the molecule is [NH]c1ccc(Cl)cc1[N+](=O)[O-]. The van der Waals surface area contributed by atoms with E-state index in [2.05, 4.69) is 0 Å². The Morgan fingerprint density at radius 1 is 1.55 bits per heavy atom. The average molecular weight is 172 g/mol. The van der Waals surface area contributed by atoms with Crippen LogP contribution in [0.25, 0.3) is 0 Å². The second-order valence-electron chi connectivity index (χ2n) is 1.92. The molecule has 0 unspecified atom stereocenters. The van der Waals surface area contributed by atoms with Gasteiger partial charge in [0.2, 0.25) is 0 Å². The van der Waals surface area contributed by atoms with Gasteiger partial charge >= 0.3 is 0 Å². The normalized spacial score (nSPS) is 9.55. The summed E-state index contributed by atoms with van der Waals surface area (Å²) in [6.07, 6.45) is 0. The van der Waals surface area contributed by atoms with Gasteiger partial charge in [-0.05, 0) is 12.1 Å². The molecule has 1 radical (unpaired) electrons. The Morgan fingerprint density at radius 2 is 2.18 bits per heavy atom. The van der Waals surface area contributed by atoms with Crippen molar-refractivity contribution in [2.75, 3.05) is 0 Å². The second kappa shape index (κ2) is 2.75. The first kappa shape index (κ1) is 7.81. The zero-order chi connectivity index (χ0) is 8.43. The number of rotatable bonds is 1. The fourth-order valence-electron chi connectivity index (χ4n) is 0.656. The van der Waals surface area contributed by atoms with Gasteiger partial charge in [0.1, 0.15) is 5.69 Å². The van der Waals surface area contributed by atoms with Crippen LogP contribution in [0.5, 0.6) is 0 Å². The summed E-state index contributed by atoms with van der Waals surface area (Å²) in [4.78, 5) is 9.57. The smallest absolute Gasteiger partial charge is 0.294 e. The molecule has 57 valence electrons. The Morgan fingerprint density at radius 3 is 2.64 bits per heavy atom. The van der Waals surface area contributed by atoms with Crippen LogP contribution < -0.4 is 5.73 Å². The van der Waals surface area contributed by atoms with Crippen LogP contribution in [0.1, 0.15) is 0 Å². The van der Waals surface area contributed by atoms with Crippen molar-refractivity contribution in [1.29, 1.82) is 0 Å². The molecule has 0 bridgehead atoms. The van der Waals surface area contributed by atoms with E-state index in [0.717, 1.165) is 6.07 Å². The standard InChI is InChI=1S/C6H4ClN2O2/c7-4-1-2-5(8)6(3-4)9(10)11/h1-3,8H. The van der Waals surface area contributed by atoms with Crippen molar-refractivity contribution in [1.82, 2.24) is 5.73 Å². The Bertz CT molecular complexity index is 301. The minimum Gasteiger partial charge on any atom is -0.294 e. The van der Waals surface area contributed by atoms with Crippen molar-refractivity contribution in [3.05, 3.63) is 33.3 Å². The van der Waals surface area contributed by atoms with E-state index < -0.39 is 4.92 Å². The zero-order valence-corrected chi connectivity index (χ0v) is 6.13. The molecule has 0 spiro atoms. The van der Waals surface area contributed by atoms with Crippen molar-refractivity contribution < 1.29 is 4.92 Å². The quantitative estimate of drug-likeness (QED) is 0.480. The van der Waals surface area contributed by atoms with Gasteiger partial charge in [-0.25, -0.2) is 0 Å². The molecule has 5 heteroatoms. The minimum absolute atomic E-state index is 0.126. The van der Waals surface area contributed by atoms with Crippen LogP contribution in [0, 0.1) is 10.1 Å². The van der Waals surface area contributed by atoms with E-state index in [9.17, 15) is 10.1 Å². The van der Waals surface area contributed by atoms with Gasteiger partial charge in [-0.3, -0.25) is 15.8 Å². The molecule has 0 aliphatic rings. The van der Waals surface area contributed by atoms with Gasteiger partial charge in [0.25, 0.3) is 5.69 Å². The minimum atomic E-state index is -0.631. The molecule has 0 saturated heterocycles. The number of halogens is 1. The van der Waals surface area contributed by atoms with Crippen LogP contribution in [-0.2, 0) is 0 Å². The first-order valence-electron chi connectivity index (χ1n) is 2.77. The molecule has 0 aliphatic heterocycles. The van der Waals surface area contributed by atoms with Gasteiger partial charge in [-0.1, -0.05) is 11.6 Å². The maximum absolute atomic E-state index is 10.2. The molecule has 0 amide bonds. The van der Waals surface area contributed by atoms with Crippen molar-refractivity contribution in [3.63, 3.8) is 0 Å². The number of nitrogens with one attached hydrogen (secondary N) is 1. The van der Waals surface area contributed by atoms with Crippen molar-refractivity contribution in [2.24, 2.45) is 0 Å². The maximum atomic E-state index is 10.2. The van der Waals surface area contributed by atoms with E-state index in [4.69, 9.17) is 17.3 Å². The lowest BCUT2D eigenvalue weighted by atomic mass is 10.3. The molecule has 0 aliphatic carbocycles. The van der Waals surface area contributed by atoms with Crippen LogP contribution in [0.4, 0.5) is 11.4 Å². The molecule has 1 N–H and O–H groups in total. The van der Waals surface area contributed by atoms with Crippen molar-refractivity contribution in [3.8, 4) is 0 Å². The molecule has 1 aromatic carbocycles. The van der Waals surface area contributed by atoms with Crippen LogP contribution >= 0.6 is 11.6 Å². The maximum Gasteiger partial charge on any atom is 0.295 e. The number of benzene rings is 1. The average Bonchev–Trinajstić information content (AvgIpc) is 1.94. The monoisotopic (exact) mass is 171 g/mol. The number of nitro benzene ring substituents is 1. The molecular formula is C6H4ClN2O2. The van der Waals surface area contributed by atoms with Gasteiger partial charge in [0, 0.05) is 11.1 Å². The van der Waals surface area contributed by atoms with Crippen molar-refractivity contribution >= 4 is 23.0 Å². The number of hydrogen-bond acceptors (Lipinski definition) is 2. The lowest BCUT2D eigenvalue weighted by molar-refractivity contribution is -0.384. The predicted octanol–water partition coefficient (Wildman–Crippen LogP) is 2.16. The summed E-state index contributed by atoms with van der Waals surface area (Å²) in [6, 6.07) is 3.89.